The van der Waals surface area contributed by atoms with Crippen molar-refractivity contribution in [3.8, 4) is 0 Å². The smallest absolute Gasteiger partial charge is 0.251 e. The number of carbonyl (C=O) groups excluding carboxylic acids is 1. The highest BCUT2D eigenvalue weighted by atomic mass is 19.1. The molecule has 110 valence electrons. The maximum absolute atomic E-state index is 13.2. The number of hydrogen-bond donors (Lipinski definition) is 1. The molecule has 2 rings (SSSR count). The van der Waals surface area contributed by atoms with Gasteiger partial charge < -0.3 is 5.32 Å². The molecule has 2 aromatic carbocycles. The van der Waals surface area contributed by atoms with Gasteiger partial charge in [0.1, 0.15) is 5.82 Å². The Hall–Kier alpha value is -2.16. The van der Waals surface area contributed by atoms with Crippen LogP contribution in [0.5, 0.6) is 0 Å². The number of amides is 1. The second-order valence-corrected chi connectivity index (χ2v) is 5.90. The van der Waals surface area contributed by atoms with Crippen molar-refractivity contribution in [3.63, 3.8) is 0 Å². The molecular formula is C18H20FNO. The lowest BCUT2D eigenvalue weighted by Crippen LogP contribution is -2.36. The third-order valence-electron chi connectivity index (χ3n) is 3.67. The van der Waals surface area contributed by atoms with E-state index in [4.69, 9.17) is 0 Å². The molecule has 0 atom stereocenters. The lowest BCUT2D eigenvalue weighted by Gasteiger charge is -2.25. The fraction of sp³-hybridized carbons (Fsp3) is 0.278. The van der Waals surface area contributed by atoms with E-state index in [-0.39, 0.29) is 17.1 Å². The van der Waals surface area contributed by atoms with Crippen molar-refractivity contribution in [2.75, 3.05) is 6.54 Å². The molecule has 0 aliphatic heterocycles. The molecule has 0 bridgehead atoms. The normalized spacial score (nSPS) is 11.2. The van der Waals surface area contributed by atoms with E-state index in [0.29, 0.717) is 17.7 Å². The summed E-state index contributed by atoms with van der Waals surface area (Å²) in [5.74, 6) is -0.474. The van der Waals surface area contributed by atoms with Gasteiger partial charge in [0.05, 0.1) is 0 Å². The molecule has 1 N–H and O–H groups in total. The summed E-state index contributed by atoms with van der Waals surface area (Å²) < 4.78 is 13.2. The maximum Gasteiger partial charge on any atom is 0.251 e. The molecule has 1 amide bonds. The Bertz CT molecular complexity index is 635. The number of carbonyl (C=O) groups is 1. The molecule has 0 fully saturated rings. The minimum atomic E-state index is -0.295. The Balaban J connectivity index is 2.05. The highest BCUT2D eigenvalue weighted by Crippen LogP contribution is 2.21. The summed E-state index contributed by atoms with van der Waals surface area (Å²) in [7, 11) is 0. The fourth-order valence-corrected chi connectivity index (χ4v) is 2.18. The molecule has 0 heterocycles. The van der Waals surface area contributed by atoms with E-state index >= 15 is 0 Å². The van der Waals surface area contributed by atoms with E-state index in [1.807, 2.05) is 30.3 Å². The van der Waals surface area contributed by atoms with Gasteiger partial charge in [-0.1, -0.05) is 44.2 Å². The van der Waals surface area contributed by atoms with Gasteiger partial charge in [0.25, 0.3) is 5.91 Å². The highest BCUT2D eigenvalue weighted by molar-refractivity contribution is 5.94. The topological polar surface area (TPSA) is 29.1 Å². The van der Waals surface area contributed by atoms with Gasteiger partial charge in [0.2, 0.25) is 0 Å². The Morgan fingerprint density at radius 3 is 2.43 bits per heavy atom. The van der Waals surface area contributed by atoms with Crippen molar-refractivity contribution in [1.29, 1.82) is 0 Å². The maximum atomic E-state index is 13.2. The Morgan fingerprint density at radius 1 is 1.14 bits per heavy atom. The average Bonchev–Trinajstić information content (AvgIpc) is 2.48. The predicted octanol–water partition coefficient (Wildman–Crippen LogP) is 3.84. The van der Waals surface area contributed by atoms with Crippen LogP contribution in [0.15, 0.2) is 48.5 Å². The summed E-state index contributed by atoms with van der Waals surface area (Å²) >= 11 is 0. The predicted molar refractivity (Wildman–Crippen MR) is 82.9 cm³/mol. The van der Waals surface area contributed by atoms with Crippen molar-refractivity contribution in [2.45, 2.75) is 26.2 Å². The third kappa shape index (κ3) is 3.69. The minimum absolute atomic E-state index is 0.161. The first-order valence-corrected chi connectivity index (χ1v) is 7.00. The van der Waals surface area contributed by atoms with Gasteiger partial charge in [-0.2, -0.15) is 0 Å². The van der Waals surface area contributed by atoms with E-state index in [1.54, 1.807) is 13.0 Å². The van der Waals surface area contributed by atoms with E-state index in [9.17, 15) is 9.18 Å². The molecule has 0 aliphatic carbocycles. The van der Waals surface area contributed by atoms with Crippen LogP contribution in [-0.2, 0) is 5.41 Å². The van der Waals surface area contributed by atoms with E-state index in [2.05, 4.69) is 19.2 Å². The molecule has 3 heteroatoms. The molecule has 21 heavy (non-hydrogen) atoms. The van der Waals surface area contributed by atoms with Crippen molar-refractivity contribution in [1.82, 2.24) is 5.32 Å². The molecule has 0 spiro atoms. The van der Waals surface area contributed by atoms with Crippen molar-refractivity contribution in [3.05, 3.63) is 71.0 Å². The van der Waals surface area contributed by atoms with Crippen molar-refractivity contribution >= 4 is 5.91 Å². The van der Waals surface area contributed by atoms with E-state index < -0.39 is 0 Å². The molecule has 0 saturated heterocycles. The first kappa shape index (κ1) is 15.2. The quantitative estimate of drug-likeness (QED) is 0.908. The number of benzene rings is 2. The Kier molecular flexibility index (Phi) is 4.41. The first-order valence-electron chi connectivity index (χ1n) is 7.00. The molecule has 0 saturated carbocycles. The SMILES string of the molecule is Cc1cc(C(=O)NCC(C)(C)c2ccccc2)ccc1F. The van der Waals surface area contributed by atoms with Crippen LogP contribution in [0, 0.1) is 12.7 Å². The molecule has 2 aromatic rings. The number of nitrogens with one attached hydrogen (secondary N) is 1. The molecule has 0 radical (unpaired) electrons. The Morgan fingerprint density at radius 2 is 1.81 bits per heavy atom. The lowest BCUT2D eigenvalue weighted by atomic mass is 9.84. The van der Waals surface area contributed by atoms with Gasteiger partial charge in [0.15, 0.2) is 0 Å². The number of hydrogen-bond acceptors (Lipinski definition) is 1. The van der Waals surface area contributed by atoms with Gasteiger partial charge in [-0.3, -0.25) is 4.79 Å². The largest absolute Gasteiger partial charge is 0.351 e. The molecular weight excluding hydrogens is 265 g/mol. The van der Waals surface area contributed by atoms with Gasteiger partial charge >= 0.3 is 0 Å². The molecule has 0 aromatic heterocycles. The monoisotopic (exact) mass is 285 g/mol. The second kappa shape index (κ2) is 6.08. The number of rotatable bonds is 4. The Labute approximate surface area is 125 Å². The number of aryl methyl sites for hydroxylation is 1. The fourth-order valence-electron chi connectivity index (χ4n) is 2.18. The van der Waals surface area contributed by atoms with Crippen LogP contribution in [0.1, 0.15) is 35.3 Å². The summed E-state index contributed by atoms with van der Waals surface area (Å²) in [4.78, 5) is 12.2. The molecule has 0 aliphatic rings. The van der Waals surface area contributed by atoms with Gasteiger partial charge in [-0.05, 0) is 36.2 Å². The molecule has 0 unspecified atom stereocenters. The van der Waals surface area contributed by atoms with Crippen LogP contribution >= 0.6 is 0 Å². The van der Waals surface area contributed by atoms with Crippen LogP contribution in [0.2, 0.25) is 0 Å². The van der Waals surface area contributed by atoms with Crippen LogP contribution in [0.25, 0.3) is 0 Å². The van der Waals surface area contributed by atoms with E-state index in [1.165, 1.54) is 17.7 Å². The third-order valence-corrected chi connectivity index (χ3v) is 3.67. The van der Waals surface area contributed by atoms with Gasteiger partial charge in [-0.25, -0.2) is 4.39 Å². The van der Waals surface area contributed by atoms with Gasteiger partial charge in [-0.15, -0.1) is 0 Å². The standard InChI is InChI=1S/C18H20FNO/c1-13-11-14(9-10-16(13)19)17(21)20-12-18(2,3)15-7-5-4-6-8-15/h4-11H,12H2,1-3H3,(H,20,21). The zero-order valence-electron chi connectivity index (χ0n) is 12.6. The van der Waals surface area contributed by atoms with E-state index in [0.717, 1.165) is 0 Å². The van der Waals surface area contributed by atoms with Crippen LogP contribution < -0.4 is 5.32 Å². The van der Waals surface area contributed by atoms with Crippen LogP contribution in [0.4, 0.5) is 4.39 Å². The first-order chi connectivity index (χ1) is 9.90. The lowest BCUT2D eigenvalue weighted by molar-refractivity contribution is 0.0945. The highest BCUT2D eigenvalue weighted by Gasteiger charge is 2.21. The van der Waals surface area contributed by atoms with Crippen molar-refractivity contribution in [2.24, 2.45) is 0 Å². The summed E-state index contributed by atoms with van der Waals surface area (Å²) in [6.07, 6.45) is 0. The zero-order chi connectivity index (χ0) is 15.5. The summed E-state index contributed by atoms with van der Waals surface area (Å²) in [6, 6.07) is 14.5. The summed E-state index contributed by atoms with van der Waals surface area (Å²) in [6.45, 7) is 6.34. The van der Waals surface area contributed by atoms with Gasteiger partial charge in [0, 0.05) is 17.5 Å². The zero-order valence-corrected chi connectivity index (χ0v) is 12.6. The molecule has 2 nitrogen and oxygen atoms in total. The summed E-state index contributed by atoms with van der Waals surface area (Å²) in [5.41, 5.74) is 1.97. The van der Waals surface area contributed by atoms with Crippen molar-refractivity contribution < 1.29 is 9.18 Å². The summed E-state index contributed by atoms with van der Waals surface area (Å²) in [5, 5.41) is 2.92. The number of halogens is 1. The second-order valence-electron chi connectivity index (χ2n) is 5.90. The minimum Gasteiger partial charge on any atom is -0.351 e. The average molecular weight is 285 g/mol. The van der Waals surface area contributed by atoms with Crippen LogP contribution in [-0.4, -0.2) is 12.5 Å². The van der Waals surface area contributed by atoms with Crippen LogP contribution in [0.3, 0.4) is 0 Å².